The van der Waals surface area contributed by atoms with E-state index in [1.165, 1.54) is 7.05 Å². The summed E-state index contributed by atoms with van der Waals surface area (Å²) < 4.78 is 0. The number of carbonyl (C=O) groups excluding carboxylic acids is 1. The first-order chi connectivity index (χ1) is 8.68. The number of hydrogen-bond acceptors (Lipinski definition) is 3. The van der Waals surface area contributed by atoms with Crippen molar-refractivity contribution in [3.8, 4) is 5.75 Å². The number of ketones is 1. The van der Waals surface area contributed by atoms with Gasteiger partial charge in [0.25, 0.3) is 0 Å². The molecule has 1 rings (SSSR count). The third-order valence-corrected chi connectivity index (χ3v) is 1.68. The third kappa shape index (κ3) is 14.6. The van der Waals surface area contributed by atoms with E-state index in [1.807, 2.05) is 33.8 Å². The normalized spacial score (nSPS) is 7.50. The van der Waals surface area contributed by atoms with Crippen molar-refractivity contribution < 1.29 is 9.90 Å². The smallest absolute Gasteiger partial charge is 0.130 e. The zero-order chi connectivity index (χ0) is 15.0. The van der Waals surface area contributed by atoms with E-state index in [-0.39, 0.29) is 11.5 Å². The number of rotatable bonds is 3. The molecule has 0 spiro atoms. The molecule has 3 nitrogen and oxygen atoms in total. The molecule has 0 radical (unpaired) electrons. The molecule has 0 heterocycles. The molecule has 0 amide bonds. The van der Waals surface area contributed by atoms with Crippen LogP contribution >= 0.6 is 0 Å². The number of Topliss-reactive ketones (excluding diaryl/α,β-unsaturated/α-hetero) is 1. The lowest BCUT2D eigenvalue weighted by Crippen LogP contribution is -1.93. The van der Waals surface area contributed by atoms with E-state index in [9.17, 15) is 4.79 Å². The minimum absolute atomic E-state index is 0.179. The van der Waals surface area contributed by atoms with E-state index in [1.54, 1.807) is 25.1 Å². The van der Waals surface area contributed by atoms with Gasteiger partial charge in [-0.05, 0) is 38.1 Å². The summed E-state index contributed by atoms with van der Waals surface area (Å²) in [5.41, 5.74) is 5.50. The zero-order valence-electron chi connectivity index (χ0n) is 12.7. The highest BCUT2D eigenvalue weighted by atomic mass is 16.3. The van der Waals surface area contributed by atoms with Crippen molar-refractivity contribution in [2.45, 2.75) is 47.5 Å². The second-order valence-corrected chi connectivity index (χ2v) is 2.87. The minimum Gasteiger partial charge on any atom is -0.508 e. The maximum atomic E-state index is 10.6. The minimum atomic E-state index is 0.179. The van der Waals surface area contributed by atoms with Crippen molar-refractivity contribution in [1.82, 2.24) is 0 Å². The molecule has 0 aromatic heterocycles. The van der Waals surface area contributed by atoms with Crippen LogP contribution in [-0.4, -0.2) is 17.9 Å². The number of phenolic OH excluding ortho intramolecular Hbond substituents is 1. The summed E-state index contributed by atoms with van der Waals surface area (Å²) in [6.45, 7) is 9.57. The lowest BCUT2D eigenvalue weighted by Gasteiger charge is -1.98. The molecule has 0 saturated carbocycles. The van der Waals surface area contributed by atoms with E-state index < -0.39 is 0 Å². The Labute approximate surface area is 112 Å². The quantitative estimate of drug-likeness (QED) is 0.868. The van der Waals surface area contributed by atoms with Crippen molar-refractivity contribution in [1.29, 1.82) is 0 Å². The number of aromatic hydroxyl groups is 1. The predicted octanol–water partition coefficient (Wildman–Crippen LogP) is 3.54. The van der Waals surface area contributed by atoms with Crippen LogP contribution in [0.3, 0.4) is 0 Å². The average Bonchev–Trinajstić information content (AvgIpc) is 2.43. The SMILES string of the molecule is CC.CC.CC(=O)CCc1cccc(O)c1.CN. The monoisotopic (exact) mass is 255 g/mol. The summed E-state index contributed by atoms with van der Waals surface area (Å²) in [6, 6.07) is 6.99. The van der Waals surface area contributed by atoms with Gasteiger partial charge in [-0.25, -0.2) is 0 Å². The van der Waals surface area contributed by atoms with E-state index in [0.717, 1.165) is 5.56 Å². The third-order valence-electron chi connectivity index (χ3n) is 1.68. The van der Waals surface area contributed by atoms with Crippen LogP contribution in [0.5, 0.6) is 5.75 Å². The highest BCUT2D eigenvalue weighted by molar-refractivity contribution is 5.75. The summed E-state index contributed by atoms with van der Waals surface area (Å²) in [4.78, 5) is 10.6. The Balaban J connectivity index is -0.000000328. The lowest BCUT2D eigenvalue weighted by molar-refractivity contribution is -0.116. The Kier molecular flexibility index (Phi) is 21.9. The second-order valence-electron chi connectivity index (χ2n) is 2.87. The standard InChI is InChI=1S/C10H12O2.2C2H6.CH5N/c1-8(11)5-6-9-3-2-4-10(12)7-9;3*1-2/h2-4,7,12H,5-6H2,1H3;2*1-2H3;2H2,1H3. The molecule has 0 aliphatic rings. The highest BCUT2D eigenvalue weighted by Gasteiger charge is 1.96. The second kappa shape index (κ2) is 18.0. The van der Waals surface area contributed by atoms with Crippen molar-refractivity contribution in [2.24, 2.45) is 5.73 Å². The molecule has 0 fully saturated rings. The molecule has 0 aliphatic heterocycles. The molecule has 106 valence electrons. The number of aryl methyl sites for hydroxylation is 1. The van der Waals surface area contributed by atoms with Gasteiger partial charge in [0.2, 0.25) is 0 Å². The van der Waals surface area contributed by atoms with Gasteiger partial charge in [0, 0.05) is 6.42 Å². The lowest BCUT2D eigenvalue weighted by atomic mass is 10.1. The molecule has 3 N–H and O–H groups in total. The summed E-state index contributed by atoms with van der Waals surface area (Å²) in [5.74, 6) is 0.439. The number of benzene rings is 1. The van der Waals surface area contributed by atoms with Crippen molar-refractivity contribution in [3.63, 3.8) is 0 Å². The summed E-state index contributed by atoms with van der Waals surface area (Å²) >= 11 is 0. The molecule has 1 aromatic carbocycles. The van der Waals surface area contributed by atoms with Gasteiger partial charge in [0.05, 0.1) is 0 Å². The fourth-order valence-electron chi connectivity index (χ4n) is 1.03. The van der Waals surface area contributed by atoms with Crippen LogP contribution in [0.15, 0.2) is 24.3 Å². The van der Waals surface area contributed by atoms with Crippen LogP contribution in [0.2, 0.25) is 0 Å². The number of nitrogens with two attached hydrogens (primary N) is 1. The van der Waals surface area contributed by atoms with Crippen molar-refractivity contribution in [2.75, 3.05) is 7.05 Å². The molecular weight excluding hydrogens is 226 g/mol. The number of hydrogen-bond donors (Lipinski definition) is 2. The van der Waals surface area contributed by atoms with E-state index in [0.29, 0.717) is 12.8 Å². The van der Waals surface area contributed by atoms with Gasteiger partial charge in [-0.3, -0.25) is 0 Å². The number of phenols is 1. The first-order valence-electron chi connectivity index (χ1n) is 6.53. The largest absolute Gasteiger partial charge is 0.508 e. The summed E-state index contributed by atoms with van der Waals surface area (Å²) in [6.07, 6.45) is 1.26. The van der Waals surface area contributed by atoms with Gasteiger partial charge in [0.15, 0.2) is 0 Å². The topological polar surface area (TPSA) is 63.3 Å². The maximum Gasteiger partial charge on any atom is 0.130 e. The molecular formula is C15H29NO2. The van der Waals surface area contributed by atoms with Crippen LogP contribution in [0.4, 0.5) is 0 Å². The van der Waals surface area contributed by atoms with Crippen molar-refractivity contribution >= 4 is 5.78 Å². The van der Waals surface area contributed by atoms with E-state index in [4.69, 9.17) is 5.11 Å². The van der Waals surface area contributed by atoms with Crippen molar-refractivity contribution in [3.05, 3.63) is 29.8 Å². The van der Waals surface area contributed by atoms with Crippen LogP contribution in [0.1, 0.15) is 46.6 Å². The Morgan fingerprint density at radius 1 is 1.17 bits per heavy atom. The van der Waals surface area contributed by atoms with Gasteiger partial charge < -0.3 is 15.6 Å². The predicted molar refractivity (Wildman–Crippen MR) is 79.9 cm³/mol. The Bertz CT molecular complexity index is 286. The van der Waals surface area contributed by atoms with E-state index in [2.05, 4.69) is 5.73 Å². The average molecular weight is 255 g/mol. The molecule has 0 aliphatic carbocycles. The highest BCUT2D eigenvalue weighted by Crippen LogP contribution is 2.12. The van der Waals surface area contributed by atoms with Gasteiger partial charge in [-0.15, -0.1) is 0 Å². The summed E-state index contributed by atoms with van der Waals surface area (Å²) in [7, 11) is 1.50. The van der Waals surface area contributed by atoms with Gasteiger partial charge in [0.1, 0.15) is 11.5 Å². The molecule has 3 heteroatoms. The van der Waals surface area contributed by atoms with Gasteiger partial charge in [-0.2, -0.15) is 0 Å². The summed E-state index contributed by atoms with van der Waals surface area (Å²) in [5, 5.41) is 9.09. The Morgan fingerprint density at radius 2 is 1.67 bits per heavy atom. The fraction of sp³-hybridized carbons (Fsp3) is 0.533. The van der Waals surface area contributed by atoms with Crippen LogP contribution in [0, 0.1) is 0 Å². The van der Waals surface area contributed by atoms with Gasteiger partial charge >= 0.3 is 0 Å². The first kappa shape index (κ1) is 21.9. The number of carbonyl (C=O) groups is 1. The van der Waals surface area contributed by atoms with E-state index >= 15 is 0 Å². The molecule has 18 heavy (non-hydrogen) atoms. The Morgan fingerprint density at radius 3 is 2.06 bits per heavy atom. The molecule has 0 saturated heterocycles. The van der Waals surface area contributed by atoms with Crippen LogP contribution in [0.25, 0.3) is 0 Å². The molecule has 1 aromatic rings. The fourth-order valence-corrected chi connectivity index (χ4v) is 1.03. The van der Waals surface area contributed by atoms with Gasteiger partial charge in [-0.1, -0.05) is 39.8 Å². The first-order valence-corrected chi connectivity index (χ1v) is 6.53. The Hall–Kier alpha value is -1.35. The zero-order valence-corrected chi connectivity index (χ0v) is 12.7. The van der Waals surface area contributed by atoms with Crippen LogP contribution < -0.4 is 5.73 Å². The molecule has 0 bridgehead atoms. The maximum absolute atomic E-state index is 10.6. The van der Waals surface area contributed by atoms with Crippen LogP contribution in [-0.2, 0) is 11.2 Å². The molecule has 0 unspecified atom stereocenters. The molecule has 0 atom stereocenters.